The first-order valence-corrected chi connectivity index (χ1v) is 9.12. The highest BCUT2D eigenvalue weighted by molar-refractivity contribution is 5.95. The Kier molecular flexibility index (Phi) is 4.77. The van der Waals surface area contributed by atoms with Gasteiger partial charge in [-0.15, -0.1) is 0 Å². The molecule has 0 unspecified atom stereocenters. The fraction of sp³-hybridized carbons (Fsp3) is 0.0833. The van der Waals surface area contributed by atoms with Crippen molar-refractivity contribution >= 4 is 16.8 Å². The molecule has 1 aromatic heterocycles. The lowest BCUT2D eigenvalue weighted by atomic mass is 9.95. The molecule has 4 rings (SSSR count). The molecular formula is C24H20N2O2. The van der Waals surface area contributed by atoms with Crippen molar-refractivity contribution < 1.29 is 9.90 Å². The molecule has 28 heavy (non-hydrogen) atoms. The van der Waals surface area contributed by atoms with E-state index in [0.717, 1.165) is 16.5 Å². The van der Waals surface area contributed by atoms with Crippen LogP contribution in [0.2, 0.25) is 0 Å². The van der Waals surface area contributed by atoms with Crippen LogP contribution in [0.15, 0.2) is 85.1 Å². The smallest absolute Gasteiger partial charge is 0.252 e. The van der Waals surface area contributed by atoms with E-state index in [4.69, 9.17) is 0 Å². The largest absolute Gasteiger partial charge is 0.505 e. The van der Waals surface area contributed by atoms with E-state index in [9.17, 15) is 9.90 Å². The van der Waals surface area contributed by atoms with E-state index in [0.29, 0.717) is 16.6 Å². The van der Waals surface area contributed by atoms with Crippen LogP contribution in [-0.4, -0.2) is 16.0 Å². The van der Waals surface area contributed by atoms with Crippen molar-refractivity contribution in [3.05, 3.63) is 107 Å². The SMILES string of the molecule is Cc1ccc([C@@H](NC(=O)c2ccccc2)c2ccc3cccnc3c2O)cc1. The van der Waals surface area contributed by atoms with Gasteiger partial charge < -0.3 is 10.4 Å². The highest BCUT2D eigenvalue weighted by atomic mass is 16.3. The number of hydrogen-bond donors (Lipinski definition) is 2. The van der Waals surface area contributed by atoms with Crippen molar-refractivity contribution in [3.63, 3.8) is 0 Å². The second kappa shape index (κ2) is 7.53. The lowest BCUT2D eigenvalue weighted by molar-refractivity contribution is 0.0942. The predicted octanol–water partition coefficient (Wildman–Crippen LogP) is 4.77. The van der Waals surface area contributed by atoms with Gasteiger partial charge in [-0.25, -0.2) is 0 Å². The minimum Gasteiger partial charge on any atom is -0.505 e. The Morgan fingerprint density at radius 2 is 1.68 bits per heavy atom. The van der Waals surface area contributed by atoms with Crippen LogP contribution in [-0.2, 0) is 0 Å². The Morgan fingerprint density at radius 1 is 0.929 bits per heavy atom. The summed E-state index contributed by atoms with van der Waals surface area (Å²) >= 11 is 0. The molecule has 0 radical (unpaired) electrons. The molecule has 0 spiro atoms. The molecule has 3 aromatic carbocycles. The molecule has 138 valence electrons. The number of rotatable bonds is 4. The van der Waals surface area contributed by atoms with Gasteiger partial charge in [0, 0.05) is 22.7 Å². The molecule has 0 aliphatic rings. The molecule has 4 aromatic rings. The number of phenolic OH excluding ortho intramolecular Hbond substituents is 1. The van der Waals surface area contributed by atoms with E-state index in [1.807, 2.05) is 73.7 Å². The number of carbonyl (C=O) groups is 1. The quantitative estimate of drug-likeness (QED) is 0.545. The average molecular weight is 368 g/mol. The summed E-state index contributed by atoms with van der Waals surface area (Å²) in [4.78, 5) is 17.1. The molecular weight excluding hydrogens is 348 g/mol. The summed E-state index contributed by atoms with van der Waals surface area (Å²) in [5.41, 5.74) is 3.71. The van der Waals surface area contributed by atoms with Crippen LogP contribution in [0.4, 0.5) is 0 Å². The lowest BCUT2D eigenvalue weighted by Gasteiger charge is -2.21. The number of nitrogens with one attached hydrogen (secondary N) is 1. The second-order valence-electron chi connectivity index (χ2n) is 6.76. The minimum absolute atomic E-state index is 0.0806. The first-order chi connectivity index (χ1) is 13.6. The fourth-order valence-corrected chi connectivity index (χ4v) is 3.28. The summed E-state index contributed by atoms with van der Waals surface area (Å²) in [6.45, 7) is 2.01. The number of pyridine rings is 1. The Balaban J connectivity index is 1.80. The standard InChI is InChI=1S/C24H20N2O2/c1-16-9-11-18(12-10-16)21(26-24(28)19-6-3-2-4-7-19)20-14-13-17-8-5-15-25-22(17)23(20)27/h2-15,21,27H,1H3,(H,26,28)/t21-/m1/s1. The van der Waals surface area contributed by atoms with Crippen LogP contribution in [0.1, 0.15) is 33.1 Å². The van der Waals surface area contributed by atoms with E-state index in [2.05, 4.69) is 10.3 Å². The maximum absolute atomic E-state index is 12.8. The van der Waals surface area contributed by atoms with Crippen LogP contribution < -0.4 is 5.32 Å². The molecule has 1 atom stereocenters. The van der Waals surface area contributed by atoms with Crippen molar-refractivity contribution in [2.24, 2.45) is 0 Å². The maximum atomic E-state index is 12.8. The summed E-state index contributed by atoms with van der Waals surface area (Å²) < 4.78 is 0. The van der Waals surface area contributed by atoms with Gasteiger partial charge in [0.05, 0.1) is 6.04 Å². The molecule has 1 heterocycles. The highest BCUT2D eigenvalue weighted by Gasteiger charge is 2.22. The summed E-state index contributed by atoms with van der Waals surface area (Å²) in [7, 11) is 0. The summed E-state index contributed by atoms with van der Waals surface area (Å²) in [6, 6.07) is 24.0. The summed E-state index contributed by atoms with van der Waals surface area (Å²) in [6.07, 6.45) is 1.65. The molecule has 0 fully saturated rings. The van der Waals surface area contributed by atoms with Crippen molar-refractivity contribution in [2.75, 3.05) is 0 Å². The van der Waals surface area contributed by atoms with Gasteiger partial charge in [-0.1, -0.05) is 66.2 Å². The van der Waals surface area contributed by atoms with Gasteiger partial charge in [0.2, 0.25) is 0 Å². The van der Waals surface area contributed by atoms with Gasteiger partial charge in [-0.05, 0) is 30.7 Å². The van der Waals surface area contributed by atoms with E-state index >= 15 is 0 Å². The van der Waals surface area contributed by atoms with Gasteiger partial charge in [0.1, 0.15) is 11.3 Å². The zero-order valence-corrected chi connectivity index (χ0v) is 15.5. The highest BCUT2D eigenvalue weighted by Crippen LogP contribution is 2.34. The molecule has 0 bridgehead atoms. The zero-order chi connectivity index (χ0) is 19.5. The molecule has 4 heteroatoms. The van der Waals surface area contributed by atoms with E-state index < -0.39 is 6.04 Å². The number of aromatic hydroxyl groups is 1. The normalized spacial score (nSPS) is 11.9. The van der Waals surface area contributed by atoms with Gasteiger partial charge >= 0.3 is 0 Å². The van der Waals surface area contributed by atoms with Crippen LogP contribution in [0.25, 0.3) is 10.9 Å². The number of phenols is 1. The summed E-state index contributed by atoms with van der Waals surface area (Å²) in [5.74, 6) is -0.122. The molecule has 0 saturated carbocycles. The summed E-state index contributed by atoms with van der Waals surface area (Å²) in [5, 5.41) is 14.8. The first kappa shape index (κ1) is 17.7. The fourth-order valence-electron chi connectivity index (χ4n) is 3.28. The number of aromatic nitrogens is 1. The van der Waals surface area contributed by atoms with Crippen molar-refractivity contribution in [1.29, 1.82) is 0 Å². The minimum atomic E-state index is -0.500. The topological polar surface area (TPSA) is 62.2 Å². The van der Waals surface area contributed by atoms with Gasteiger partial charge in [-0.2, -0.15) is 0 Å². The van der Waals surface area contributed by atoms with Crippen molar-refractivity contribution in [3.8, 4) is 5.75 Å². The number of nitrogens with zero attached hydrogens (tertiary/aromatic N) is 1. The lowest BCUT2D eigenvalue weighted by Crippen LogP contribution is -2.29. The van der Waals surface area contributed by atoms with Crippen molar-refractivity contribution in [1.82, 2.24) is 10.3 Å². The van der Waals surface area contributed by atoms with Crippen LogP contribution in [0.3, 0.4) is 0 Å². The number of amides is 1. The Hall–Kier alpha value is -3.66. The third-order valence-corrected chi connectivity index (χ3v) is 4.81. The van der Waals surface area contributed by atoms with Crippen LogP contribution in [0, 0.1) is 6.92 Å². The van der Waals surface area contributed by atoms with Crippen LogP contribution >= 0.6 is 0 Å². The number of aryl methyl sites for hydroxylation is 1. The maximum Gasteiger partial charge on any atom is 0.252 e. The zero-order valence-electron chi connectivity index (χ0n) is 15.5. The van der Waals surface area contributed by atoms with Gasteiger partial charge in [-0.3, -0.25) is 9.78 Å². The molecule has 2 N–H and O–H groups in total. The Bertz CT molecular complexity index is 1120. The third-order valence-electron chi connectivity index (χ3n) is 4.81. The second-order valence-corrected chi connectivity index (χ2v) is 6.76. The van der Waals surface area contributed by atoms with E-state index in [-0.39, 0.29) is 11.7 Å². The number of benzene rings is 3. The van der Waals surface area contributed by atoms with Gasteiger partial charge in [0.25, 0.3) is 5.91 Å². The number of carbonyl (C=O) groups excluding carboxylic acids is 1. The van der Waals surface area contributed by atoms with Crippen LogP contribution in [0.5, 0.6) is 5.75 Å². The number of hydrogen-bond acceptors (Lipinski definition) is 3. The third kappa shape index (κ3) is 3.45. The predicted molar refractivity (Wildman–Crippen MR) is 110 cm³/mol. The van der Waals surface area contributed by atoms with Crippen molar-refractivity contribution in [2.45, 2.75) is 13.0 Å². The number of fused-ring (bicyclic) bond motifs is 1. The average Bonchev–Trinajstić information content (AvgIpc) is 2.74. The molecule has 4 nitrogen and oxygen atoms in total. The van der Waals surface area contributed by atoms with E-state index in [1.165, 1.54) is 0 Å². The van der Waals surface area contributed by atoms with E-state index in [1.54, 1.807) is 18.3 Å². The molecule has 0 aliphatic carbocycles. The Morgan fingerprint density at radius 3 is 2.43 bits per heavy atom. The Labute approximate surface area is 163 Å². The first-order valence-electron chi connectivity index (χ1n) is 9.12. The molecule has 0 aliphatic heterocycles. The van der Waals surface area contributed by atoms with Gasteiger partial charge in [0.15, 0.2) is 0 Å². The monoisotopic (exact) mass is 368 g/mol. The molecule has 0 saturated heterocycles. The molecule has 1 amide bonds.